The minimum Gasteiger partial charge on any atom is -0.478 e. The minimum atomic E-state index is -0.864. The van der Waals surface area contributed by atoms with Crippen molar-refractivity contribution < 1.29 is 9.90 Å². The Kier molecular flexibility index (Phi) is 3.85. The molecular weight excluding hydrogens is 224 g/mol. The highest BCUT2D eigenvalue weighted by Crippen LogP contribution is 2.28. The second kappa shape index (κ2) is 5.38. The second-order valence-corrected chi connectivity index (χ2v) is 5.28. The lowest BCUT2D eigenvalue weighted by molar-refractivity contribution is -0.131. The minimum absolute atomic E-state index is 0.225. The van der Waals surface area contributed by atoms with E-state index in [0.29, 0.717) is 0 Å². The van der Waals surface area contributed by atoms with Gasteiger partial charge >= 0.3 is 5.97 Å². The summed E-state index contributed by atoms with van der Waals surface area (Å²) in [6, 6.07) is 6.42. The Labute approximate surface area is 108 Å². The van der Waals surface area contributed by atoms with Crippen LogP contribution in [0.1, 0.15) is 43.4 Å². The van der Waals surface area contributed by atoms with Gasteiger partial charge in [-0.15, -0.1) is 0 Å². The number of carbonyl (C=O) groups is 1. The van der Waals surface area contributed by atoms with Gasteiger partial charge in [-0.3, -0.25) is 0 Å². The number of fused-ring (bicyclic) bond motifs is 1. The number of hydrogen-bond acceptors (Lipinski definition) is 1. The van der Waals surface area contributed by atoms with E-state index in [4.69, 9.17) is 5.11 Å². The van der Waals surface area contributed by atoms with Crippen LogP contribution in [0.15, 0.2) is 24.3 Å². The average Bonchev–Trinajstić information content (AvgIpc) is 2.35. The lowest BCUT2D eigenvalue weighted by atomic mass is 9.87. The van der Waals surface area contributed by atoms with E-state index >= 15 is 0 Å². The molecule has 0 radical (unpaired) electrons. The lowest BCUT2D eigenvalue weighted by Gasteiger charge is -2.18. The second-order valence-electron chi connectivity index (χ2n) is 5.28. The largest absolute Gasteiger partial charge is 0.478 e. The lowest BCUT2D eigenvalue weighted by Crippen LogP contribution is -2.05. The first-order valence-corrected chi connectivity index (χ1v) is 6.64. The molecule has 1 N–H and O–H groups in total. The van der Waals surface area contributed by atoms with Crippen LogP contribution >= 0.6 is 0 Å². The molecule has 1 aromatic rings. The third-order valence-electron chi connectivity index (χ3n) is 3.58. The van der Waals surface area contributed by atoms with Crippen molar-refractivity contribution in [1.82, 2.24) is 0 Å². The Bertz CT molecular complexity index is 484. The molecule has 0 aliphatic heterocycles. The van der Waals surface area contributed by atoms with Gasteiger partial charge in [0, 0.05) is 6.08 Å². The molecule has 0 amide bonds. The van der Waals surface area contributed by atoms with Crippen molar-refractivity contribution >= 4 is 11.5 Å². The SMILES string of the molecule is CC(C)/C(=C\C(=O)O)c1ccc2c(c1)CCCC2. The molecule has 0 bridgehead atoms. The van der Waals surface area contributed by atoms with Gasteiger partial charge in [-0.1, -0.05) is 32.0 Å². The van der Waals surface area contributed by atoms with Gasteiger partial charge < -0.3 is 5.11 Å². The normalized spacial score (nSPS) is 15.6. The maximum Gasteiger partial charge on any atom is 0.328 e. The Morgan fingerprint density at radius 1 is 1.22 bits per heavy atom. The Hall–Kier alpha value is -1.57. The summed E-state index contributed by atoms with van der Waals surface area (Å²) < 4.78 is 0. The molecule has 96 valence electrons. The van der Waals surface area contributed by atoms with Gasteiger partial charge in [0.05, 0.1) is 0 Å². The first-order chi connectivity index (χ1) is 8.58. The number of carboxylic acid groups (broad SMARTS) is 1. The molecule has 2 heteroatoms. The fourth-order valence-corrected chi connectivity index (χ4v) is 2.63. The van der Waals surface area contributed by atoms with Gasteiger partial charge in [0.2, 0.25) is 0 Å². The van der Waals surface area contributed by atoms with Crippen molar-refractivity contribution in [3.63, 3.8) is 0 Å². The molecule has 1 aliphatic rings. The van der Waals surface area contributed by atoms with Crippen LogP contribution in [0, 0.1) is 5.92 Å². The number of carboxylic acids is 1. The topological polar surface area (TPSA) is 37.3 Å². The highest BCUT2D eigenvalue weighted by molar-refractivity contribution is 5.90. The molecule has 1 aliphatic carbocycles. The molecular formula is C16H20O2. The molecule has 2 nitrogen and oxygen atoms in total. The molecule has 0 fully saturated rings. The van der Waals surface area contributed by atoms with Crippen molar-refractivity contribution in [2.75, 3.05) is 0 Å². The number of aliphatic carboxylic acids is 1. The summed E-state index contributed by atoms with van der Waals surface area (Å²) in [5.41, 5.74) is 4.81. The van der Waals surface area contributed by atoms with Crippen LogP contribution in [0.25, 0.3) is 5.57 Å². The maximum absolute atomic E-state index is 10.9. The zero-order valence-electron chi connectivity index (χ0n) is 11.1. The molecule has 0 saturated carbocycles. The predicted octanol–water partition coefficient (Wildman–Crippen LogP) is 3.69. The van der Waals surface area contributed by atoms with E-state index in [-0.39, 0.29) is 5.92 Å². The van der Waals surface area contributed by atoms with Crippen molar-refractivity contribution in [3.05, 3.63) is 41.0 Å². The number of allylic oxidation sites excluding steroid dienone is 1. The van der Waals surface area contributed by atoms with Gasteiger partial charge in [-0.25, -0.2) is 4.79 Å². The molecule has 0 spiro atoms. The zero-order chi connectivity index (χ0) is 13.1. The standard InChI is InChI=1S/C16H20O2/c1-11(2)15(10-16(17)18)14-8-7-12-5-3-4-6-13(12)9-14/h7-11H,3-6H2,1-2H3,(H,17,18)/b15-10+. The Balaban J connectivity index is 2.40. The molecule has 1 aromatic carbocycles. The van der Waals surface area contributed by atoms with Crippen LogP contribution in [0.2, 0.25) is 0 Å². The molecule has 0 unspecified atom stereocenters. The number of benzene rings is 1. The first kappa shape index (κ1) is 12.9. The smallest absolute Gasteiger partial charge is 0.328 e. The first-order valence-electron chi connectivity index (χ1n) is 6.64. The molecule has 0 aromatic heterocycles. The summed E-state index contributed by atoms with van der Waals surface area (Å²) in [6.45, 7) is 4.07. The summed E-state index contributed by atoms with van der Waals surface area (Å²) in [6.07, 6.45) is 6.15. The van der Waals surface area contributed by atoms with E-state index < -0.39 is 5.97 Å². The van der Waals surface area contributed by atoms with Crippen LogP contribution in [-0.2, 0) is 17.6 Å². The van der Waals surface area contributed by atoms with Crippen molar-refractivity contribution in [2.45, 2.75) is 39.5 Å². The Morgan fingerprint density at radius 2 is 1.89 bits per heavy atom. The maximum atomic E-state index is 10.9. The van der Waals surface area contributed by atoms with E-state index in [1.807, 2.05) is 13.8 Å². The van der Waals surface area contributed by atoms with Crippen molar-refractivity contribution in [3.8, 4) is 0 Å². The highest BCUT2D eigenvalue weighted by atomic mass is 16.4. The number of hydrogen-bond donors (Lipinski definition) is 1. The van der Waals surface area contributed by atoms with Crippen LogP contribution in [0.3, 0.4) is 0 Å². The summed E-state index contributed by atoms with van der Waals surface area (Å²) >= 11 is 0. The third-order valence-corrected chi connectivity index (χ3v) is 3.58. The summed E-state index contributed by atoms with van der Waals surface area (Å²) in [5, 5.41) is 8.96. The molecule has 2 rings (SSSR count). The van der Waals surface area contributed by atoms with E-state index in [1.54, 1.807) is 0 Å². The quantitative estimate of drug-likeness (QED) is 0.823. The monoisotopic (exact) mass is 244 g/mol. The van der Waals surface area contributed by atoms with Gasteiger partial charge in [-0.05, 0) is 53.9 Å². The van der Waals surface area contributed by atoms with Gasteiger partial charge in [-0.2, -0.15) is 0 Å². The van der Waals surface area contributed by atoms with Crippen molar-refractivity contribution in [2.24, 2.45) is 5.92 Å². The van der Waals surface area contributed by atoms with E-state index in [9.17, 15) is 4.79 Å². The highest BCUT2D eigenvalue weighted by Gasteiger charge is 2.13. The summed E-state index contributed by atoms with van der Waals surface area (Å²) in [7, 11) is 0. The van der Waals surface area contributed by atoms with Crippen LogP contribution in [0.4, 0.5) is 0 Å². The predicted molar refractivity (Wildman–Crippen MR) is 73.5 cm³/mol. The van der Waals surface area contributed by atoms with E-state index in [0.717, 1.165) is 24.0 Å². The van der Waals surface area contributed by atoms with Crippen LogP contribution < -0.4 is 0 Å². The van der Waals surface area contributed by atoms with Crippen LogP contribution in [-0.4, -0.2) is 11.1 Å². The fourth-order valence-electron chi connectivity index (χ4n) is 2.63. The third kappa shape index (κ3) is 2.81. The van der Waals surface area contributed by atoms with E-state index in [2.05, 4.69) is 18.2 Å². The molecule has 0 heterocycles. The van der Waals surface area contributed by atoms with Crippen molar-refractivity contribution in [1.29, 1.82) is 0 Å². The van der Waals surface area contributed by atoms with Gasteiger partial charge in [0.15, 0.2) is 0 Å². The average molecular weight is 244 g/mol. The number of rotatable bonds is 3. The Morgan fingerprint density at radius 3 is 2.50 bits per heavy atom. The number of aryl methyl sites for hydroxylation is 2. The van der Waals surface area contributed by atoms with E-state index in [1.165, 1.54) is 30.0 Å². The van der Waals surface area contributed by atoms with Crippen LogP contribution in [0.5, 0.6) is 0 Å². The molecule has 0 atom stereocenters. The fraction of sp³-hybridized carbons (Fsp3) is 0.438. The zero-order valence-corrected chi connectivity index (χ0v) is 11.1. The van der Waals surface area contributed by atoms with Gasteiger partial charge in [0.25, 0.3) is 0 Å². The van der Waals surface area contributed by atoms with Gasteiger partial charge in [0.1, 0.15) is 0 Å². The summed E-state index contributed by atoms with van der Waals surface area (Å²) in [5.74, 6) is -0.640. The summed E-state index contributed by atoms with van der Waals surface area (Å²) in [4.78, 5) is 10.9. The molecule has 18 heavy (non-hydrogen) atoms. The molecule has 0 saturated heterocycles.